The summed E-state index contributed by atoms with van der Waals surface area (Å²) in [5.41, 5.74) is 1.26. The third-order valence-corrected chi connectivity index (χ3v) is 3.06. The molecule has 0 bridgehead atoms. The number of hydrogen-bond acceptors (Lipinski definition) is 4. The molecule has 0 saturated carbocycles. The van der Waals surface area contributed by atoms with E-state index in [4.69, 9.17) is 0 Å². The van der Waals surface area contributed by atoms with Gasteiger partial charge in [0.05, 0.1) is 4.92 Å². The number of likely N-dealkylation sites (N-methyl/N-ethyl adjacent to an activating group) is 1. The lowest BCUT2D eigenvalue weighted by atomic mass is 10.1. The molecule has 1 rings (SSSR count). The lowest BCUT2D eigenvalue weighted by molar-refractivity contribution is -0.384. The molecule has 0 aliphatic rings. The third-order valence-electron chi connectivity index (χ3n) is 3.06. The van der Waals surface area contributed by atoms with Crippen LogP contribution in [0.4, 0.5) is 5.69 Å². The first-order chi connectivity index (χ1) is 8.50. The van der Waals surface area contributed by atoms with Crippen molar-refractivity contribution in [1.29, 1.82) is 0 Å². The lowest BCUT2D eigenvalue weighted by Crippen LogP contribution is -2.36. The Balaban J connectivity index is 2.29. The van der Waals surface area contributed by atoms with Crippen LogP contribution in [0.5, 0.6) is 0 Å². The standard InChI is InChI=1S/C13H21N3O2/c1-11(15(2)3)10-14-9-8-12-4-6-13(7-5-12)16(17)18/h4-7,11,14H,8-10H2,1-3H3. The Morgan fingerprint density at radius 1 is 1.33 bits per heavy atom. The summed E-state index contributed by atoms with van der Waals surface area (Å²) in [7, 11) is 4.12. The van der Waals surface area contributed by atoms with Crippen molar-refractivity contribution in [2.24, 2.45) is 0 Å². The van der Waals surface area contributed by atoms with Gasteiger partial charge in [-0.25, -0.2) is 0 Å². The van der Waals surface area contributed by atoms with E-state index in [0.29, 0.717) is 6.04 Å². The molecule has 5 nitrogen and oxygen atoms in total. The molecule has 1 N–H and O–H groups in total. The van der Waals surface area contributed by atoms with E-state index in [1.807, 2.05) is 12.1 Å². The van der Waals surface area contributed by atoms with Gasteiger partial charge in [0.1, 0.15) is 0 Å². The van der Waals surface area contributed by atoms with E-state index in [0.717, 1.165) is 25.1 Å². The molecule has 0 amide bonds. The smallest absolute Gasteiger partial charge is 0.269 e. The quantitative estimate of drug-likeness (QED) is 0.455. The summed E-state index contributed by atoms with van der Waals surface area (Å²) in [6, 6.07) is 7.24. The monoisotopic (exact) mass is 251 g/mol. The van der Waals surface area contributed by atoms with Crippen LogP contribution in [0.2, 0.25) is 0 Å². The average Bonchev–Trinajstić information content (AvgIpc) is 2.34. The zero-order valence-electron chi connectivity index (χ0n) is 11.2. The summed E-state index contributed by atoms with van der Waals surface area (Å²) in [6.45, 7) is 3.99. The number of non-ortho nitro benzene ring substituents is 1. The fourth-order valence-electron chi connectivity index (χ4n) is 1.51. The molecule has 0 heterocycles. The predicted molar refractivity (Wildman–Crippen MR) is 72.8 cm³/mol. The van der Waals surface area contributed by atoms with Gasteiger partial charge >= 0.3 is 0 Å². The van der Waals surface area contributed by atoms with Crippen molar-refractivity contribution >= 4 is 5.69 Å². The maximum absolute atomic E-state index is 10.5. The molecule has 1 atom stereocenters. The average molecular weight is 251 g/mol. The van der Waals surface area contributed by atoms with Gasteiger partial charge in [-0.3, -0.25) is 10.1 Å². The second-order valence-electron chi connectivity index (χ2n) is 4.69. The molecule has 1 aromatic carbocycles. The zero-order chi connectivity index (χ0) is 13.5. The SMILES string of the molecule is CC(CNCCc1ccc([N+](=O)[O-])cc1)N(C)C. The number of benzene rings is 1. The first-order valence-electron chi connectivity index (χ1n) is 6.11. The highest BCUT2D eigenvalue weighted by Crippen LogP contribution is 2.11. The second kappa shape index (κ2) is 7.08. The molecule has 0 saturated heterocycles. The summed E-state index contributed by atoms with van der Waals surface area (Å²) in [5.74, 6) is 0. The summed E-state index contributed by atoms with van der Waals surface area (Å²) in [6.07, 6.45) is 0.887. The van der Waals surface area contributed by atoms with Crippen LogP contribution in [-0.2, 0) is 6.42 Å². The van der Waals surface area contributed by atoms with E-state index >= 15 is 0 Å². The fourth-order valence-corrected chi connectivity index (χ4v) is 1.51. The Labute approximate surface area is 108 Å². The van der Waals surface area contributed by atoms with Gasteiger partial charge < -0.3 is 10.2 Å². The van der Waals surface area contributed by atoms with E-state index in [1.165, 1.54) is 0 Å². The van der Waals surface area contributed by atoms with Crippen molar-refractivity contribution in [3.8, 4) is 0 Å². The molecule has 5 heteroatoms. The molecule has 0 aliphatic heterocycles. The van der Waals surface area contributed by atoms with Crippen molar-refractivity contribution in [1.82, 2.24) is 10.2 Å². The molecular weight excluding hydrogens is 230 g/mol. The summed E-state index contributed by atoms with van der Waals surface area (Å²) < 4.78 is 0. The van der Waals surface area contributed by atoms with Crippen molar-refractivity contribution in [3.63, 3.8) is 0 Å². The zero-order valence-corrected chi connectivity index (χ0v) is 11.2. The lowest BCUT2D eigenvalue weighted by Gasteiger charge is -2.19. The van der Waals surface area contributed by atoms with Crippen LogP contribution >= 0.6 is 0 Å². The van der Waals surface area contributed by atoms with Crippen LogP contribution in [0.3, 0.4) is 0 Å². The molecule has 0 aliphatic carbocycles. The Kier molecular flexibility index (Phi) is 5.74. The van der Waals surface area contributed by atoms with Crippen molar-refractivity contribution in [3.05, 3.63) is 39.9 Å². The maximum Gasteiger partial charge on any atom is 0.269 e. The van der Waals surface area contributed by atoms with Gasteiger partial charge in [-0.1, -0.05) is 12.1 Å². The first-order valence-corrected chi connectivity index (χ1v) is 6.11. The molecule has 0 radical (unpaired) electrons. The van der Waals surface area contributed by atoms with Crippen molar-refractivity contribution < 1.29 is 4.92 Å². The number of hydrogen-bond donors (Lipinski definition) is 1. The van der Waals surface area contributed by atoms with Gasteiger partial charge in [-0.2, -0.15) is 0 Å². The largest absolute Gasteiger partial charge is 0.315 e. The molecule has 0 spiro atoms. The maximum atomic E-state index is 10.5. The molecule has 1 aromatic rings. The second-order valence-corrected chi connectivity index (χ2v) is 4.69. The fraction of sp³-hybridized carbons (Fsp3) is 0.538. The van der Waals surface area contributed by atoms with E-state index in [2.05, 4.69) is 31.2 Å². The van der Waals surface area contributed by atoms with Gasteiger partial charge in [0.25, 0.3) is 5.69 Å². The third kappa shape index (κ3) is 4.81. The molecule has 0 aromatic heterocycles. The van der Waals surface area contributed by atoms with Crippen LogP contribution in [0.15, 0.2) is 24.3 Å². The topological polar surface area (TPSA) is 58.4 Å². The molecule has 18 heavy (non-hydrogen) atoms. The first kappa shape index (κ1) is 14.6. The minimum absolute atomic E-state index is 0.146. The van der Waals surface area contributed by atoms with Gasteiger partial charge in [0, 0.05) is 24.7 Å². The van der Waals surface area contributed by atoms with Crippen LogP contribution in [0.1, 0.15) is 12.5 Å². The minimum atomic E-state index is -0.374. The molecule has 0 fully saturated rings. The van der Waals surface area contributed by atoms with Crippen LogP contribution in [0, 0.1) is 10.1 Å². The summed E-state index contributed by atoms with van der Waals surface area (Å²) >= 11 is 0. The van der Waals surface area contributed by atoms with Gasteiger partial charge in [-0.05, 0) is 39.5 Å². The summed E-state index contributed by atoms with van der Waals surface area (Å²) in [5, 5.41) is 13.9. The van der Waals surface area contributed by atoms with E-state index < -0.39 is 0 Å². The van der Waals surface area contributed by atoms with Gasteiger partial charge in [0.2, 0.25) is 0 Å². The van der Waals surface area contributed by atoms with Crippen LogP contribution < -0.4 is 5.32 Å². The van der Waals surface area contributed by atoms with Gasteiger partial charge in [-0.15, -0.1) is 0 Å². The predicted octanol–water partition coefficient (Wildman–Crippen LogP) is 1.68. The van der Waals surface area contributed by atoms with Crippen LogP contribution in [0.25, 0.3) is 0 Å². The highest BCUT2D eigenvalue weighted by Gasteiger charge is 2.05. The van der Waals surface area contributed by atoms with E-state index in [9.17, 15) is 10.1 Å². The van der Waals surface area contributed by atoms with Crippen LogP contribution in [-0.4, -0.2) is 43.0 Å². The normalized spacial score (nSPS) is 12.7. The van der Waals surface area contributed by atoms with E-state index in [1.54, 1.807) is 12.1 Å². The number of nitrogens with one attached hydrogen (secondary N) is 1. The highest BCUT2D eigenvalue weighted by molar-refractivity contribution is 5.32. The van der Waals surface area contributed by atoms with Crippen molar-refractivity contribution in [2.45, 2.75) is 19.4 Å². The van der Waals surface area contributed by atoms with Gasteiger partial charge in [0.15, 0.2) is 0 Å². The minimum Gasteiger partial charge on any atom is -0.315 e. The Morgan fingerprint density at radius 3 is 2.44 bits per heavy atom. The number of rotatable bonds is 7. The molecule has 1 unspecified atom stereocenters. The Morgan fingerprint density at radius 2 is 1.94 bits per heavy atom. The molecule has 100 valence electrons. The molecular formula is C13H21N3O2. The summed E-state index contributed by atoms with van der Waals surface area (Å²) in [4.78, 5) is 12.3. The van der Waals surface area contributed by atoms with Crippen molar-refractivity contribution in [2.75, 3.05) is 27.2 Å². The number of nitrogens with zero attached hydrogens (tertiary/aromatic N) is 2. The van der Waals surface area contributed by atoms with E-state index in [-0.39, 0.29) is 10.6 Å². The number of nitro groups is 1. The Hall–Kier alpha value is -1.46. The number of nitro benzene ring substituents is 1. The Bertz CT molecular complexity index is 376. The highest BCUT2D eigenvalue weighted by atomic mass is 16.6.